The van der Waals surface area contributed by atoms with Gasteiger partial charge >= 0.3 is 0 Å². The number of phenolic OH excluding ortho intramolecular Hbond substituents is 1. The van der Waals surface area contributed by atoms with Gasteiger partial charge in [-0.25, -0.2) is 0 Å². The highest BCUT2D eigenvalue weighted by molar-refractivity contribution is 6.17. The molecular formula is C17H19ClO2. The molecule has 2 nitrogen and oxygen atoms in total. The molecule has 0 aliphatic rings. The Balaban J connectivity index is 2.56. The summed E-state index contributed by atoms with van der Waals surface area (Å²) in [4.78, 5) is 0. The minimum absolute atomic E-state index is 0.0640. The molecule has 0 aliphatic heterocycles. The minimum atomic E-state index is -0.610. The molecule has 0 saturated heterocycles. The number of aliphatic hydroxyl groups is 1. The molecule has 1 unspecified atom stereocenters. The molecule has 0 saturated carbocycles. The Labute approximate surface area is 124 Å². The average Bonchev–Trinajstić information content (AvgIpc) is 2.51. The second-order valence-electron chi connectivity index (χ2n) is 4.92. The predicted molar refractivity (Wildman–Crippen MR) is 82.4 cm³/mol. The number of hydrogen-bond acceptors (Lipinski definition) is 2. The summed E-state index contributed by atoms with van der Waals surface area (Å²) >= 11 is 5.84. The van der Waals surface area contributed by atoms with Gasteiger partial charge in [0.05, 0.1) is 6.61 Å². The van der Waals surface area contributed by atoms with Gasteiger partial charge in [0.1, 0.15) is 5.75 Å². The molecule has 2 rings (SSSR count). The number of alkyl halides is 1. The van der Waals surface area contributed by atoms with E-state index >= 15 is 0 Å². The number of aliphatic hydroxyl groups excluding tert-OH is 1. The Bertz CT molecular complexity index is 542. The molecule has 0 aliphatic carbocycles. The Kier molecular flexibility index (Phi) is 5.05. The van der Waals surface area contributed by atoms with E-state index in [1.54, 1.807) is 12.1 Å². The smallest absolute Gasteiger partial charge is 0.119 e. The predicted octanol–water partition coefficient (Wildman–Crippen LogP) is 3.69. The van der Waals surface area contributed by atoms with E-state index in [4.69, 9.17) is 11.6 Å². The molecule has 2 aromatic rings. The highest BCUT2D eigenvalue weighted by Gasteiger charge is 2.35. The van der Waals surface area contributed by atoms with E-state index in [1.807, 2.05) is 42.5 Å². The van der Waals surface area contributed by atoms with E-state index in [9.17, 15) is 10.2 Å². The molecule has 0 spiro atoms. The van der Waals surface area contributed by atoms with E-state index in [0.717, 1.165) is 17.5 Å². The number of phenols is 1. The van der Waals surface area contributed by atoms with Crippen molar-refractivity contribution in [2.24, 2.45) is 0 Å². The molecule has 20 heavy (non-hydrogen) atoms. The van der Waals surface area contributed by atoms with Gasteiger partial charge in [-0.05, 0) is 24.5 Å². The molecule has 1 atom stereocenters. The van der Waals surface area contributed by atoms with Crippen LogP contribution >= 0.6 is 11.6 Å². The standard InChI is InChI=1S/C17H19ClO2/c18-12-6-11-17(13-19,14-7-2-1-3-8-14)15-9-4-5-10-16(15)20/h1-5,7-10,19-20H,6,11-13H2. The first-order valence-corrected chi connectivity index (χ1v) is 7.29. The maximum absolute atomic E-state index is 10.2. The average molecular weight is 291 g/mol. The topological polar surface area (TPSA) is 40.5 Å². The Hall–Kier alpha value is -1.51. The van der Waals surface area contributed by atoms with Crippen molar-refractivity contribution in [2.45, 2.75) is 18.3 Å². The second kappa shape index (κ2) is 6.78. The summed E-state index contributed by atoms with van der Waals surface area (Å²) in [5.74, 6) is 0.738. The third-order valence-electron chi connectivity index (χ3n) is 3.75. The zero-order chi connectivity index (χ0) is 14.4. The number of aromatic hydroxyl groups is 1. The first-order valence-electron chi connectivity index (χ1n) is 6.75. The molecule has 0 radical (unpaired) electrons. The largest absolute Gasteiger partial charge is 0.508 e. The van der Waals surface area contributed by atoms with Gasteiger partial charge in [0.2, 0.25) is 0 Å². The maximum atomic E-state index is 10.2. The number of rotatable bonds is 6. The van der Waals surface area contributed by atoms with Crippen LogP contribution in [0.1, 0.15) is 24.0 Å². The molecule has 2 N–H and O–H groups in total. The van der Waals surface area contributed by atoms with E-state index in [0.29, 0.717) is 12.3 Å². The molecule has 0 fully saturated rings. The van der Waals surface area contributed by atoms with Gasteiger partial charge in [-0.3, -0.25) is 0 Å². The number of halogens is 1. The van der Waals surface area contributed by atoms with Gasteiger partial charge < -0.3 is 10.2 Å². The second-order valence-corrected chi connectivity index (χ2v) is 5.29. The van der Waals surface area contributed by atoms with Crippen molar-refractivity contribution in [1.82, 2.24) is 0 Å². The van der Waals surface area contributed by atoms with E-state index in [1.165, 1.54) is 0 Å². The van der Waals surface area contributed by atoms with E-state index < -0.39 is 5.41 Å². The molecule has 3 heteroatoms. The van der Waals surface area contributed by atoms with E-state index in [-0.39, 0.29) is 12.4 Å². The fourth-order valence-electron chi connectivity index (χ4n) is 2.69. The van der Waals surface area contributed by atoms with Crippen molar-refractivity contribution in [3.8, 4) is 5.75 Å². The van der Waals surface area contributed by atoms with Crippen molar-refractivity contribution in [1.29, 1.82) is 0 Å². The zero-order valence-corrected chi connectivity index (χ0v) is 12.1. The highest BCUT2D eigenvalue weighted by Crippen LogP contribution is 2.40. The van der Waals surface area contributed by atoms with Gasteiger partial charge in [0.15, 0.2) is 0 Å². The fraction of sp³-hybridized carbons (Fsp3) is 0.294. The summed E-state index contributed by atoms with van der Waals surface area (Å²) in [5.41, 5.74) is 1.13. The van der Waals surface area contributed by atoms with Crippen LogP contribution in [0.4, 0.5) is 0 Å². The zero-order valence-electron chi connectivity index (χ0n) is 11.3. The quantitative estimate of drug-likeness (QED) is 0.797. The van der Waals surface area contributed by atoms with Crippen LogP contribution in [0.15, 0.2) is 54.6 Å². The Morgan fingerprint density at radius 1 is 0.950 bits per heavy atom. The number of benzene rings is 2. The first kappa shape index (κ1) is 14.9. The van der Waals surface area contributed by atoms with Crippen molar-refractivity contribution >= 4 is 11.6 Å². The van der Waals surface area contributed by atoms with Gasteiger partial charge in [-0.15, -0.1) is 11.6 Å². The lowest BCUT2D eigenvalue weighted by molar-refractivity contribution is 0.207. The van der Waals surface area contributed by atoms with Crippen LogP contribution < -0.4 is 0 Å². The van der Waals surface area contributed by atoms with Crippen LogP contribution in [0, 0.1) is 0 Å². The number of para-hydroxylation sites is 1. The fourth-order valence-corrected chi connectivity index (χ4v) is 2.83. The summed E-state index contributed by atoms with van der Waals surface area (Å²) < 4.78 is 0. The molecule has 2 aromatic carbocycles. The normalized spacial score (nSPS) is 13.9. The van der Waals surface area contributed by atoms with Crippen molar-refractivity contribution in [3.05, 3.63) is 65.7 Å². The molecular weight excluding hydrogens is 272 g/mol. The van der Waals surface area contributed by atoms with Crippen LogP contribution in [0.5, 0.6) is 5.75 Å². The van der Waals surface area contributed by atoms with Crippen molar-refractivity contribution in [3.63, 3.8) is 0 Å². The monoisotopic (exact) mass is 290 g/mol. The van der Waals surface area contributed by atoms with Gasteiger partial charge in [0.25, 0.3) is 0 Å². The van der Waals surface area contributed by atoms with Crippen LogP contribution in [-0.2, 0) is 5.41 Å². The van der Waals surface area contributed by atoms with E-state index in [2.05, 4.69) is 0 Å². The van der Waals surface area contributed by atoms with Crippen molar-refractivity contribution in [2.75, 3.05) is 12.5 Å². The lowest BCUT2D eigenvalue weighted by Crippen LogP contribution is -2.32. The lowest BCUT2D eigenvalue weighted by atomic mass is 9.71. The Morgan fingerprint density at radius 3 is 2.20 bits per heavy atom. The Morgan fingerprint density at radius 2 is 1.60 bits per heavy atom. The first-order chi connectivity index (χ1) is 9.74. The van der Waals surface area contributed by atoms with Crippen molar-refractivity contribution < 1.29 is 10.2 Å². The highest BCUT2D eigenvalue weighted by atomic mass is 35.5. The third kappa shape index (κ3) is 2.82. The molecule has 0 aromatic heterocycles. The molecule has 106 valence electrons. The molecule has 0 amide bonds. The number of hydrogen-bond donors (Lipinski definition) is 2. The van der Waals surface area contributed by atoms with Crippen LogP contribution in [0.2, 0.25) is 0 Å². The van der Waals surface area contributed by atoms with Gasteiger partial charge in [0, 0.05) is 16.9 Å². The maximum Gasteiger partial charge on any atom is 0.119 e. The van der Waals surface area contributed by atoms with Crippen LogP contribution in [0.25, 0.3) is 0 Å². The third-order valence-corrected chi connectivity index (χ3v) is 4.02. The summed E-state index contributed by atoms with van der Waals surface area (Å²) in [6.45, 7) is -0.0640. The molecule has 0 heterocycles. The summed E-state index contributed by atoms with van der Waals surface area (Å²) in [5, 5.41) is 20.3. The van der Waals surface area contributed by atoms with Gasteiger partial charge in [-0.1, -0.05) is 48.5 Å². The van der Waals surface area contributed by atoms with Crippen LogP contribution in [-0.4, -0.2) is 22.7 Å². The van der Waals surface area contributed by atoms with Crippen LogP contribution in [0.3, 0.4) is 0 Å². The SMILES string of the molecule is OCC(CCCCl)(c1ccccc1)c1ccccc1O. The molecule has 0 bridgehead atoms. The lowest BCUT2D eigenvalue weighted by Gasteiger charge is -2.33. The summed E-state index contributed by atoms with van der Waals surface area (Å²) in [6.07, 6.45) is 1.46. The summed E-state index contributed by atoms with van der Waals surface area (Å²) in [6, 6.07) is 17.0. The summed E-state index contributed by atoms with van der Waals surface area (Å²) in [7, 11) is 0. The minimum Gasteiger partial charge on any atom is -0.508 e. The van der Waals surface area contributed by atoms with Gasteiger partial charge in [-0.2, -0.15) is 0 Å².